The summed E-state index contributed by atoms with van der Waals surface area (Å²) in [4.78, 5) is 0. The van der Waals surface area contributed by atoms with Gasteiger partial charge in [0.25, 0.3) is 0 Å². The van der Waals surface area contributed by atoms with Gasteiger partial charge < -0.3 is 5.32 Å². The van der Waals surface area contributed by atoms with Crippen molar-refractivity contribution in [3.05, 3.63) is 93.7 Å². The van der Waals surface area contributed by atoms with Crippen LogP contribution in [0.4, 0.5) is 5.82 Å². The van der Waals surface area contributed by atoms with Crippen LogP contribution in [-0.4, -0.2) is 9.78 Å². The van der Waals surface area contributed by atoms with Crippen LogP contribution in [0, 0.1) is 11.3 Å². The van der Waals surface area contributed by atoms with Crippen LogP contribution in [0.3, 0.4) is 0 Å². The summed E-state index contributed by atoms with van der Waals surface area (Å²) in [5.41, 5.74) is 4.83. The van der Waals surface area contributed by atoms with E-state index in [1.807, 2.05) is 54.7 Å². The van der Waals surface area contributed by atoms with E-state index in [9.17, 15) is 5.26 Å². The Bertz CT molecular complexity index is 1210. The predicted molar refractivity (Wildman–Crippen MR) is 117 cm³/mol. The lowest BCUT2D eigenvalue weighted by molar-refractivity contribution is 0.762. The number of hydrogen-bond donors (Lipinski definition) is 1. The highest BCUT2D eigenvalue weighted by atomic mass is 35.5. The average molecular weight is 419 g/mol. The van der Waals surface area contributed by atoms with Crippen LogP contribution in [-0.2, 0) is 5.41 Å². The van der Waals surface area contributed by atoms with E-state index in [4.69, 9.17) is 28.3 Å². The van der Waals surface area contributed by atoms with E-state index in [1.165, 1.54) is 0 Å². The van der Waals surface area contributed by atoms with Gasteiger partial charge in [-0.25, -0.2) is 4.68 Å². The maximum absolute atomic E-state index is 9.92. The van der Waals surface area contributed by atoms with Crippen LogP contribution >= 0.6 is 23.2 Å². The lowest BCUT2D eigenvalue weighted by Gasteiger charge is -2.19. The Morgan fingerprint density at radius 1 is 1.03 bits per heavy atom. The first-order valence-corrected chi connectivity index (χ1v) is 10.0. The third-order valence-electron chi connectivity index (χ3n) is 5.67. The van der Waals surface area contributed by atoms with Gasteiger partial charge in [0.2, 0.25) is 0 Å². The number of allylic oxidation sites excluding steroid dienone is 2. The maximum Gasteiger partial charge on any atom is 0.152 e. The molecule has 2 aliphatic rings. The van der Waals surface area contributed by atoms with E-state index in [0.29, 0.717) is 21.4 Å². The molecule has 1 N–H and O–H groups in total. The normalized spacial score (nSPS) is 16.4. The van der Waals surface area contributed by atoms with Crippen molar-refractivity contribution in [2.24, 2.45) is 0 Å². The minimum Gasteiger partial charge on any atom is -0.345 e. The zero-order valence-corrected chi connectivity index (χ0v) is 16.9. The molecule has 0 unspecified atom stereocenters. The van der Waals surface area contributed by atoms with Crippen LogP contribution in [0.25, 0.3) is 11.3 Å². The molecule has 2 aromatic carbocycles. The molecule has 1 aromatic heterocycles. The van der Waals surface area contributed by atoms with E-state index in [-0.39, 0.29) is 5.41 Å². The fraction of sp³-hybridized carbons (Fsp3) is 0.130. The van der Waals surface area contributed by atoms with Gasteiger partial charge in [0.1, 0.15) is 11.6 Å². The van der Waals surface area contributed by atoms with Crippen molar-refractivity contribution < 1.29 is 0 Å². The summed E-state index contributed by atoms with van der Waals surface area (Å²) in [5, 5.41) is 19.4. The number of anilines is 1. The van der Waals surface area contributed by atoms with E-state index in [1.54, 1.807) is 4.68 Å². The molecule has 0 amide bonds. The van der Waals surface area contributed by atoms with Crippen LogP contribution in [0.5, 0.6) is 0 Å². The molecule has 3 aromatic rings. The van der Waals surface area contributed by atoms with Crippen molar-refractivity contribution in [2.75, 3.05) is 5.32 Å². The van der Waals surface area contributed by atoms with Crippen LogP contribution in [0.1, 0.15) is 35.2 Å². The summed E-state index contributed by atoms with van der Waals surface area (Å²) in [6.45, 7) is 4.24. The van der Waals surface area contributed by atoms with E-state index < -0.39 is 0 Å². The topological polar surface area (TPSA) is 53.6 Å². The second kappa shape index (κ2) is 6.52. The molecule has 0 saturated heterocycles. The first-order chi connectivity index (χ1) is 14.0. The van der Waals surface area contributed by atoms with E-state index in [2.05, 4.69) is 18.0 Å². The summed E-state index contributed by atoms with van der Waals surface area (Å²) >= 11 is 12.1. The molecule has 2 heterocycles. The van der Waals surface area contributed by atoms with Gasteiger partial charge in [0, 0.05) is 27.2 Å². The van der Waals surface area contributed by atoms with Crippen molar-refractivity contribution in [3.8, 4) is 6.07 Å². The molecular weight excluding hydrogens is 403 g/mol. The van der Waals surface area contributed by atoms with Crippen LogP contribution in [0.2, 0.25) is 10.0 Å². The standard InChI is InChI=1S/C23H16Cl2N4/c1-14-20(15-2-6-17(24)7-3-15)13-27-22-19(12-26)21(28-29(14)22)23(10-11-23)16-4-8-18(25)9-5-16/h2-9,13,27H,1,10-11H2. The van der Waals surface area contributed by atoms with Crippen LogP contribution < -0.4 is 5.32 Å². The molecule has 0 bridgehead atoms. The molecule has 142 valence electrons. The Kier molecular flexibility index (Phi) is 4.06. The van der Waals surface area contributed by atoms with Gasteiger partial charge in [0.05, 0.1) is 11.4 Å². The summed E-state index contributed by atoms with van der Waals surface area (Å²) in [7, 11) is 0. The average Bonchev–Trinajstić information content (AvgIpc) is 3.44. The molecule has 4 nitrogen and oxygen atoms in total. The fourth-order valence-corrected chi connectivity index (χ4v) is 4.21. The molecule has 1 aliphatic heterocycles. The zero-order valence-electron chi connectivity index (χ0n) is 15.4. The fourth-order valence-electron chi connectivity index (χ4n) is 3.96. The number of nitriles is 1. The molecule has 29 heavy (non-hydrogen) atoms. The Hall–Kier alpha value is -3.00. The monoisotopic (exact) mass is 418 g/mol. The van der Waals surface area contributed by atoms with Gasteiger partial charge in [-0.1, -0.05) is 54.0 Å². The van der Waals surface area contributed by atoms with Gasteiger partial charge in [-0.05, 0) is 48.2 Å². The quantitative estimate of drug-likeness (QED) is 0.560. The van der Waals surface area contributed by atoms with Gasteiger partial charge in [-0.15, -0.1) is 0 Å². The molecule has 1 aliphatic carbocycles. The smallest absolute Gasteiger partial charge is 0.152 e. The number of nitrogens with one attached hydrogen (secondary N) is 1. The molecular formula is C23H16Cl2N4. The minimum atomic E-state index is -0.248. The Balaban J connectivity index is 1.59. The maximum atomic E-state index is 9.92. The minimum absolute atomic E-state index is 0.248. The highest BCUT2D eigenvalue weighted by molar-refractivity contribution is 6.30. The zero-order chi connectivity index (χ0) is 20.2. The number of aromatic nitrogens is 2. The summed E-state index contributed by atoms with van der Waals surface area (Å²) in [6.07, 6.45) is 3.77. The van der Waals surface area contributed by atoms with Gasteiger partial charge in [0.15, 0.2) is 5.82 Å². The van der Waals surface area contributed by atoms with Crippen molar-refractivity contribution in [3.63, 3.8) is 0 Å². The SMILES string of the molecule is C=C1C(c2ccc(Cl)cc2)=CNc2c(C#N)c(C3(c4ccc(Cl)cc4)CC3)nn21. The van der Waals surface area contributed by atoms with Gasteiger partial charge in [-0.3, -0.25) is 0 Å². The Morgan fingerprint density at radius 2 is 1.66 bits per heavy atom. The molecule has 0 atom stereocenters. The van der Waals surface area contributed by atoms with Gasteiger partial charge >= 0.3 is 0 Å². The number of rotatable bonds is 3. The number of fused-ring (bicyclic) bond motifs is 1. The molecule has 6 heteroatoms. The van der Waals surface area contributed by atoms with Crippen molar-refractivity contribution in [1.29, 1.82) is 5.26 Å². The number of nitrogens with zero attached hydrogens (tertiary/aromatic N) is 3. The summed E-state index contributed by atoms with van der Waals surface area (Å²) in [6, 6.07) is 17.7. The highest BCUT2D eigenvalue weighted by Crippen LogP contribution is 2.55. The summed E-state index contributed by atoms with van der Waals surface area (Å²) in [5.74, 6) is 0.658. The van der Waals surface area contributed by atoms with Crippen molar-refractivity contribution in [1.82, 2.24) is 9.78 Å². The van der Waals surface area contributed by atoms with Crippen LogP contribution in [0.15, 0.2) is 61.3 Å². The lowest BCUT2D eigenvalue weighted by atomic mass is 9.90. The second-order valence-electron chi connectivity index (χ2n) is 7.34. The lowest BCUT2D eigenvalue weighted by Crippen LogP contribution is -2.13. The molecule has 0 spiro atoms. The number of benzene rings is 2. The van der Waals surface area contributed by atoms with E-state index >= 15 is 0 Å². The number of hydrogen-bond acceptors (Lipinski definition) is 3. The van der Waals surface area contributed by atoms with Crippen molar-refractivity contribution in [2.45, 2.75) is 18.3 Å². The second-order valence-corrected chi connectivity index (χ2v) is 8.21. The molecule has 5 rings (SSSR count). The van der Waals surface area contributed by atoms with Crippen molar-refractivity contribution >= 4 is 40.3 Å². The van der Waals surface area contributed by atoms with E-state index in [0.717, 1.165) is 40.9 Å². The first-order valence-electron chi connectivity index (χ1n) is 9.25. The highest BCUT2D eigenvalue weighted by Gasteiger charge is 2.50. The summed E-state index contributed by atoms with van der Waals surface area (Å²) < 4.78 is 1.74. The van der Waals surface area contributed by atoms with Gasteiger partial charge in [-0.2, -0.15) is 10.4 Å². The third kappa shape index (κ3) is 2.78. The number of halogens is 2. The Morgan fingerprint density at radius 3 is 2.24 bits per heavy atom. The Labute approximate surface area is 178 Å². The predicted octanol–water partition coefficient (Wildman–Crippen LogP) is 6.08. The molecule has 1 fully saturated rings. The molecule has 0 radical (unpaired) electrons. The largest absolute Gasteiger partial charge is 0.345 e. The molecule has 1 saturated carbocycles. The first kappa shape index (κ1) is 18.1. The third-order valence-corrected chi connectivity index (χ3v) is 6.18.